The lowest BCUT2D eigenvalue weighted by Gasteiger charge is -2.32. The zero-order valence-electron chi connectivity index (χ0n) is 14.7. The fourth-order valence-electron chi connectivity index (χ4n) is 2.63. The molecule has 0 aromatic heterocycles. The Morgan fingerprint density at radius 2 is 1.82 bits per heavy atom. The quantitative estimate of drug-likeness (QED) is 0.706. The predicted molar refractivity (Wildman–Crippen MR) is 89.6 cm³/mol. The minimum atomic E-state index is -0.366. The normalized spacial score (nSPS) is 17.3. The molecule has 0 bridgehead atoms. The molecule has 5 heteroatoms. The van der Waals surface area contributed by atoms with E-state index in [9.17, 15) is 9.59 Å². The van der Waals surface area contributed by atoms with Crippen molar-refractivity contribution in [3.05, 3.63) is 0 Å². The highest BCUT2D eigenvalue weighted by molar-refractivity contribution is 5.81. The molecule has 0 unspecified atom stereocenters. The molecular formula is C17H33N3O2. The number of hydrogen-bond donors (Lipinski definition) is 2. The van der Waals surface area contributed by atoms with Crippen LogP contribution >= 0.6 is 0 Å². The Kier molecular flexibility index (Phi) is 7.87. The van der Waals surface area contributed by atoms with E-state index in [0.29, 0.717) is 25.4 Å². The summed E-state index contributed by atoms with van der Waals surface area (Å²) in [5.41, 5.74) is -0.366. The fourth-order valence-corrected chi connectivity index (χ4v) is 2.63. The van der Waals surface area contributed by atoms with E-state index in [1.165, 1.54) is 6.42 Å². The first-order valence-corrected chi connectivity index (χ1v) is 8.63. The van der Waals surface area contributed by atoms with Crippen LogP contribution in [0, 0.1) is 5.41 Å². The van der Waals surface area contributed by atoms with Gasteiger partial charge in [-0.05, 0) is 32.2 Å². The first-order valence-electron chi connectivity index (χ1n) is 8.63. The van der Waals surface area contributed by atoms with Crippen LogP contribution in [-0.4, -0.2) is 48.9 Å². The van der Waals surface area contributed by atoms with Crippen LogP contribution in [0.4, 0.5) is 0 Å². The van der Waals surface area contributed by atoms with E-state index < -0.39 is 0 Å². The number of nitrogens with one attached hydrogen (secondary N) is 2. The summed E-state index contributed by atoms with van der Waals surface area (Å²) in [4.78, 5) is 26.1. The van der Waals surface area contributed by atoms with Gasteiger partial charge < -0.3 is 15.5 Å². The molecule has 5 nitrogen and oxygen atoms in total. The van der Waals surface area contributed by atoms with Crippen LogP contribution in [0.1, 0.15) is 59.8 Å². The van der Waals surface area contributed by atoms with E-state index >= 15 is 0 Å². The molecule has 1 fully saturated rings. The largest absolute Gasteiger partial charge is 0.356 e. The monoisotopic (exact) mass is 311 g/mol. The molecule has 0 aromatic carbocycles. The Balaban J connectivity index is 2.11. The van der Waals surface area contributed by atoms with Crippen molar-refractivity contribution >= 4 is 11.8 Å². The molecule has 2 N–H and O–H groups in total. The molecule has 0 atom stereocenters. The van der Waals surface area contributed by atoms with Gasteiger partial charge in [-0.15, -0.1) is 0 Å². The summed E-state index contributed by atoms with van der Waals surface area (Å²) in [6.07, 6.45) is 4.47. The summed E-state index contributed by atoms with van der Waals surface area (Å²) in [7, 11) is 0. The zero-order chi connectivity index (χ0) is 16.6. The van der Waals surface area contributed by atoms with Gasteiger partial charge in [-0.2, -0.15) is 0 Å². The van der Waals surface area contributed by atoms with Crippen LogP contribution < -0.4 is 10.6 Å². The van der Waals surface area contributed by atoms with Gasteiger partial charge >= 0.3 is 0 Å². The molecule has 22 heavy (non-hydrogen) atoms. The molecule has 0 spiro atoms. The minimum absolute atomic E-state index is 0.0382. The van der Waals surface area contributed by atoms with Crippen molar-refractivity contribution in [3.63, 3.8) is 0 Å². The number of carbonyl (C=O) groups excluding carboxylic acids is 2. The molecule has 1 aliphatic heterocycles. The number of amides is 2. The molecule has 0 saturated carbocycles. The van der Waals surface area contributed by atoms with E-state index in [1.807, 2.05) is 20.8 Å². The highest BCUT2D eigenvalue weighted by Crippen LogP contribution is 2.12. The van der Waals surface area contributed by atoms with Gasteiger partial charge in [-0.3, -0.25) is 9.59 Å². The molecule has 0 aliphatic carbocycles. The fraction of sp³-hybridized carbons (Fsp3) is 0.882. The third kappa shape index (κ3) is 7.25. The molecule has 0 aromatic rings. The topological polar surface area (TPSA) is 61.4 Å². The second-order valence-corrected chi connectivity index (χ2v) is 7.29. The SMILES string of the molecule is CCCN1CCC(NC(=O)CCCNC(=O)C(C)(C)C)CC1. The Hall–Kier alpha value is -1.10. The predicted octanol–water partition coefficient (Wildman–Crippen LogP) is 1.92. The van der Waals surface area contributed by atoms with Crippen molar-refractivity contribution in [2.24, 2.45) is 5.41 Å². The maximum atomic E-state index is 11.9. The molecule has 1 saturated heterocycles. The standard InChI is InChI=1S/C17H33N3O2/c1-5-11-20-12-8-14(9-13-20)19-15(21)7-6-10-18-16(22)17(2,3)4/h14H,5-13H2,1-4H3,(H,18,22)(H,19,21). The first kappa shape index (κ1) is 18.9. The lowest BCUT2D eigenvalue weighted by atomic mass is 9.96. The van der Waals surface area contributed by atoms with Crippen LogP contribution in [0.3, 0.4) is 0 Å². The van der Waals surface area contributed by atoms with Gasteiger partial charge in [-0.1, -0.05) is 27.7 Å². The molecule has 2 amide bonds. The summed E-state index contributed by atoms with van der Waals surface area (Å²) in [5, 5.41) is 6.00. The Bertz CT molecular complexity index is 355. The number of nitrogens with zero attached hydrogens (tertiary/aromatic N) is 1. The van der Waals surface area contributed by atoms with E-state index in [1.54, 1.807) is 0 Å². The van der Waals surface area contributed by atoms with Crippen molar-refractivity contribution in [1.29, 1.82) is 0 Å². The Morgan fingerprint density at radius 1 is 1.18 bits per heavy atom. The van der Waals surface area contributed by atoms with Crippen molar-refractivity contribution in [1.82, 2.24) is 15.5 Å². The van der Waals surface area contributed by atoms with Gasteiger partial charge in [0.1, 0.15) is 0 Å². The second-order valence-electron chi connectivity index (χ2n) is 7.29. The van der Waals surface area contributed by atoms with E-state index in [2.05, 4.69) is 22.5 Å². The number of likely N-dealkylation sites (tertiary alicyclic amines) is 1. The third-order valence-corrected chi connectivity index (χ3v) is 4.04. The van der Waals surface area contributed by atoms with Crippen LogP contribution in [-0.2, 0) is 9.59 Å². The van der Waals surface area contributed by atoms with Gasteiger partial charge in [0.05, 0.1) is 0 Å². The molecular weight excluding hydrogens is 278 g/mol. The summed E-state index contributed by atoms with van der Waals surface area (Å²) in [5.74, 6) is 0.148. The third-order valence-electron chi connectivity index (χ3n) is 4.04. The average Bonchev–Trinajstić information content (AvgIpc) is 2.44. The van der Waals surface area contributed by atoms with Crippen LogP contribution in [0.2, 0.25) is 0 Å². The smallest absolute Gasteiger partial charge is 0.225 e. The highest BCUT2D eigenvalue weighted by Gasteiger charge is 2.21. The van der Waals surface area contributed by atoms with Gasteiger partial charge in [0, 0.05) is 37.5 Å². The van der Waals surface area contributed by atoms with E-state index in [-0.39, 0.29) is 17.2 Å². The van der Waals surface area contributed by atoms with Crippen molar-refractivity contribution in [3.8, 4) is 0 Å². The van der Waals surface area contributed by atoms with Gasteiger partial charge in [-0.25, -0.2) is 0 Å². The number of rotatable bonds is 7. The lowest BCUT2D eigenvalue weighted by molar-refractivity contribution is -0.128. The number of piperidine rings is 1. The molecule has 1 heterocycles. The van der Waals surface area contributed by atoms with Crippen molar-refractivity contribution in [2.45, 2.75) is 65.8 Å². The van der Waals surface area contributed by atoms with Crippen LogP contribution in [0.25, 0.3) is 0 Å². The highest BCUT2D eigenvalue weighted by atomic mass is 16.2. The Labute approximate surface area is 135 Å². The van der Waals surface area contributed by atoms with E-state index in [4.69, 9.17) is 0 Å². The van der Waals surface area contributed by atoms with Crippen LogP contribution in [0.15, 0.2) is 0 Å². The average molecular weight is 311 g/mol. The second kappa shape index (κ2) is 9.13. The zero-order valence-corrected chi connectivity index (χ0v) is 14.7. The van der Waals surface area contributed by atoms with Gasteiger partial charge in [0.2, 0.25) is 11.8 Å². The maximum Gasteiger partial charge on any atom is 0.225 e. The first-order chi connectivity index (χ1) is 10.3. The number of hydrogen-bond acceptors (Lipinski definition) is 3. The molecule has 1 rings (SSSR count). The molecule has 128 valence electrons. The van der Waals surface area contributed by atoms with Crippen LogP contribution in [0.5, 0.6) is 0 Å². The van der Waals surface area contributed by atoms with Gasteiger partial charge in [0.25, 0.3) is 0 Å². The minimum Gasteiger partial charge on any atom is -0.356 e. The van der Waals surface area contributed by atoms with Gasteiger partial charge in [0.15, 0.2) is 0 Å². The lowest BCUT2D eigenvalue weighted by Crippen LogP contribution is -2.44. The van der Waals surface area contributed by atoms with Crippen molar-refractivity contribution in [2.75, 3.05) is 26.2 Å². The molecule has 0 radical (unpaired) electrons. The summed E-state index contributed by atoms with van der Waals surface area (Å²) in [6.45, 7) is 11.8. The number of carbonyl (C=O) groups is 2. The van der Waals surface area contributed by atoms with E-state index in [0.717, 1.165) is 32.5 Å². The van der Waals surface area contributed by atoms with Crippen molar-refractivity contribution < 1.29 is 9.59 Å². The molecule has 1 aliphatic rings. The Morgan fingerprint density at radius 3 is 2.36 bits per heavy atom. The summed E-state index contributed by atoms with van der Waals surface area (Å²) in [6, 6.07) is 0.324. The maximum absolute atomic E-state index is 11.9. The summed E-state index contributed by atoms with van der Waals surface area (Å²) < 4.78 is 0. The summed E-state index contributed by atoms with van der Waals surface area (Å²) >= 11 is 0.